The molecule has 0 saturated carbocycles. The molecule has 6 nitrogen and oxygen atoms in total. The van der Waals surface area contributed by atoms with Gasteiger partial charge in [0.1, 0.15) is 0 Å². The van der Waals surface area contributed by atoms with Gasteiger partial charge in [0.2, 0.25) is 0 Å². The monoisotopic (exact) mass is 286 g/mol. The number of rotatable bonds is 2. The number of carbonyl (C=O) groups excluding carboxylic acids is 1. The molecule has 1 amide bonds. The highest BCUT2D eigenvalue weighted by molar-refractivity contribution is 9.10. The highest BCUT2D eigenvalue weighted by Crippen LogP contribution is 2.31. The molecule has 7 heteroatoms. The number of hydrogen-bond acceptors (Lipinski definition) is 4. The summed E-state index contributed by atoms with van der Waals surface area (Å²) < 4.78 is 5.52. The van der Waals surface area contributed by atoms with E-state index < -0.39 is 17.1 Å². The first-order valence-electron chi connectivity index (χ1n) is 4.46. The summed E-state index contributed by atoms with van der Waals surface area (Å²) >= 11 is 3.16. The van der Waals surface area contributed by atoms with Crippen molar-refractivity contribution in [3.63, 3.8) is 0 Å². The van der Waals surface area contributed by atoms with Crippen molar-refractivity contribution in [1.82, 2.24) is 5.32 Å². The molecular formula is C9H7BrN2O4. The van der Waals surface area contributed by atoms with Gasteiger partial charge in [-0.05, 0) is 12.1 Å². The molecule has 0 bridgehead atoms. The Morgan fingerprint density at radius 1 is 1.56 bits per heavy atom. The maximum Gasteiger partial charge on any atom is 0.407 e. The fourth-order valence-corrected chi connectivity index (χ4v) is 1.86. The van der Waals surface area contributed by atoms with E-state index in [0.29, 0.717) is 10.0 Å². The Morgan fingerprint density at radius 3 is 2.88 bits per heavy atom. The number of ether oxygens (including phenoxy) is 1. The number of alkyl carbamates (subject to hydrolysis) is 1. The lowest BCUT2D eigenvalue weighted by Crippen LogP contribution is -2.12. The van der Waals surface area contributed by atoms with Crippen LogP contribution in [0.1, 0.15) is 11.7 Å². The van der Waals surface area contributed by atoms with Crippen LogP contribution in [-0.2, 0) is 4.74 Å². The number of amides is 1. The van der Waals surface area contributed by atoms with Crippen molar-refractivity contribution >= 4 is 27.7 Å². The van der Waals surface area contributed by atoms with Crippen LogP contribution in [0.5, 0.6) is 0 Å². The third-order valence-electron chi connectivity index (χ3n) is 2.22. The molecule has 1 atom stereocenters. The second kappa shape index (κ2) is 4.09. The van der Waals surface area contributed by atoms with E-state index in [4.69, 9.17) is 4.74 Å². The Labute approximate surface area is 98.9 Å². The molecule has 84 valence electrons. The minimum absolute atomic E-state index is 0.0594. The van der Waals surface area contributed by atoms with Gasteiger partial charge in [-0.2, -0.15) is 0 Å². The summed E-state index contributed by atoms with van der Waals surface area (Å²) in [5.41, 5.74) is 0.336. The third-order valence-corrected chi connectivity index (χ3v) is 2.71. The molecule has 0 radical (unpaired) electrons. The standard InChI is InChI=1S/C9H7BrN2O4/c10-5-1-2-6(7(3-5)12(14)15)8-4-11-9(13)16-8/h1-3,8H,4H2,(H,11,13). The van der Waals surface area contributed by atoms with E-state index in [1.165, 1.54) is 6.07 Å². The Balaban J connectivity index is 2.40. The topological polar surface area (TPSA) is 81.5 Å². The minimum atomic E-state index is -0.596. The Kier molecular flexibility index (Phi) is 2.78. The van der Waals surface area contributed by atoms with Gasteiger partial charge < -0.3 is 10.1 Å². The van der Waals surface area contributed by atoms with Crippen molar-refractivity contribution in [2.24, 2.45) is 0 Å². The first-order valence-corrected chi connectivity index (χ1v) is 5.25. The van der Waals surface area contributed by atoms with Gasteiger partial charge in [-0.1, -0.05) is 15.9 Å². The van der Waals surface area contributed by atoms with Crippen molar-refractivity contribution in [2.45, 2.75) is 6.10 Å². The largest absolute Gasteiger partial charge is 0.439 e. The Hall–Kier alpha value is -1.63. The van der Waals surface area contributed by atoms with Crippen LogP contribution >= 0.6 is 15.9 Å². The first-order chi connectivity index (χ1) is 7.58. The van der Waals surface area contributed by atoms with Gasteiger partial charge in [-0.3, -0.25) is 10.1 Å². The van der Waals surface area contributed by atoms with Gasteiger partial charge in [0.15, 0.2) is 6.10 Å². The van der Waals surface area contributed by atoms with E-state index in [-0.39, 0.29) is 12.2 Å². The van der Waals surface area contributed by atoms with Crippen LogP contribution in [0.25, 0.3) is 0 Å². The van der Waals surface area contributed by atoms with Gasteiger partial charge in [0.25, 0.3) is 5.69 Å². The van der Waals surface area contributed by atoms with E-state index in [1.54, 1.807) is 12.1 Å². The second-order valence-electron chi connectivity index (χ2n) is 3.24. The van der Waals surface area contributed by atoms with Gasteiger partial charge >= 0.3 is 6.09 Å². The highest BCUT2D eigenvalue weighted by atomic mass is 79.9. The number of nitro benzene ring substituents is 1. The molecule has 1 N–H and O–H groups in total. The lowest BCUT2D eigenvalue weighted by atomic mass is 10.1. The van der Waals surface area contributed by atoms with E-state index in [0.717, 1.165) is 0 Å². The minimum Gasteiger partial charge on any atom is -0.439 e. The molecule has 1 aliphatic heterocycles. The number of nitrogens with one attached hydrogen (secondary N) is 1. The number of nitro groups is 1. The number of halogens is 1. The van der Waals surface area contributed by atoms with Crippen molar-refractivity contribution in [2.75, 3.05) is 6.54 Å². The summed E-state index contributed by atoms with van der Waals surface area (Å²) in [5.74, 6) is 0. The lowest BCUT2D eigenvalue weighted by Gasteiger charge is -2.08. The predicted molar refractivity (Wildman–Crippen MR) is 58.0 cm³/mol. The van der Waals surface area contributed by atoms with E-state index in [9.17, 15) is 14.9 Å². The molecule has 16 heavy (non-hydrogen) atoms. The molecular weight excluding hydrogens is 280 g/mol. The van der Waals surface area contributed by atoms with Gasteiger partial charge in [0.05, 0.1) is 17.0 Å². The van der Waals surface area contributed by atoms with Crippen LogP contribution in [0.3, 0.4) is 0 Å². The molecule has 1 unspecified atom stereocenters. The summed E-state index contributed by atoms with van der Waals surface area (Å²) in [6, 6.07) is 4.64. The number of hydrogen-bond donors (Lipinski definition) is 1. The fraction of sp³-hybridized carbons (Fsp3) is 0.222. The van der Waals surface area contributed by atoms with Gasteiger partial charge in [0, 0.05) is 10.5 Å². The normalized spacial score (nSPS) is 19.1. The van der Waals surface area contributed by atoms with Crippen LogP contribution in [0, 0.1) is 10.1 Å². The predicted octanol–water partition coefficient (Wildman–Crippen LogP) is 2.14. The first kappa shape index (κ1) is 10.9. The quantitative estimate of drug-likeness (QED) is 0.667. The highest BCUT2D eigenvalue weighted by Gasteiger charge is 2.30. The molecule has 1 aromatic rings. The molecule has 1 fully saturated rings. The summed E-state index contributed by atoms with van der Waals surface area (Å²) in [6.07, 6.45) is -1.15. The van der Waals surface area contributed by atoms with E-state index >= 15 is 0 Å². The third kappa shape index (κ3) is 1.99. The summed E-state index contributed by atoms with van der Waals surface area (Å²) in [7, 11) is 0. The zero-order chi connectivity index (χ0) is 11.7. The molecule has 1 aliphatic rings. The van der Waals surface area contributed by atoms with Crippen LogP contribution < -0.4 is 5.32 Å². The molecule has 1 saturated heterocycles. The van der Waals surface area contributed by atoms with E-state index in [2.05, 4.69) is 21.2 Å². The SMILES string of the molecule is O=C1NCC(c2ccc(Br)cc2[N+](=O)[O-])O1. The summed E-state index contributed by atoms with van der Waals surface area (Å²) in [4.78, 5) is 21.2. The number of cyclic esters (lactones) is 1. The molecule has 1 heterocycles. The average molecular weight is 287 g/mol. The van der Waals surface area contributed by atoms with Gasteiger partial charge in [-0.15, -0.1) is 0 Å². The zero-order valence-corrected chi connectivity index (χ0v) is 9.56. The van der Waals surface area contributed by atoms with E-state index in [1.807, 2.05) is 0 Å². The van der Waals surface area contributed by atoms with Crippen molar-refractivity contribution in [3.8, 4) is 0 Å². The van der Waals surface area contributed by atoms with Gasteiger partial charge in [-0.25, -0.2) is 4.79 Å². The second-order valence-corrected chi connectivity index (χ2v) is 4.15. The van der Waals surface area contributed by atoms with Crippen molar-refractivity contribution in [3.05, 3.63) is 38.3 Å². The Morgan fingerprint density at radius 2 is 2.31 bits per heavy atom. The van der Waals surface area contributed by atoms with Crippen LogP contribution in [0.2, 0.25) is 0 Å². The van der Waals surface area contributed by atoms with Crippen LogP contribution in [0.15, 0.2) is 22.7 Å². The Bertz CT molecular complexity index is 463. The maximum absolute atomic E-state index is 10.9. The smallest absolute Gasteiger partial charge is 0.407 e. The lowest BCUT2D eigenvalue weighted by molar-refractivity contribution is -0.386. The van der Waals surface area contributed by atoms with Crippen molar-refractivity contribution in [1.29, 1.82) is 0 Å². The van der Waals surface area contributed by atoms with Crippen LogP contribution in [-0.4, -0.2) is 17.6 Å². The molecule has 0 spiro atoms. The number of benzene rings is 1. The zero-order valence-electron chi connectivity index (χ0n) is 7.97. The average Bonchev–Trinajstić information content (AvgIpc) is 2.64. The maximum atomic E-state index is 10.9. The fourth-order valence-electron chi connectivity index (χ4n) is 1.51. The number of carbonyl (C=O) groups is 1. The number of nitrogens with zero attached hydrogens (tertiary/aromatic N) is 1. The molecule has 2 rings (SSSR count). The molecule has 0 aromatic heterocycles. The van der Waals surface area contributed by atoms with Crippen molar-refractivity contribution < 1.29 is 14.5 Å². The molecule has 0 aliphatic carbocycles. The van der Waals surface area contributed by atoms with Crippen LogP contribution in [0.4, 0.5) is 10.5 Å². The summed E-state index contributed by atoms with van der Waals surface area (Å²) in [5, 5.41) is 13.3. The molecule has 1 aromatic carbocycles. The summed E-state index contributed by atoms with van der Waals surface area (Å²) in [6.45, 7) is 0.251.